The van der Waals surface area contributed by atoms with Crippen molar-refractivity contribution in [1.82, 2.24) is 0 Å². The molecule has 1 spiro atoms. The second kappa shape index (κ2) is 10.8. The van der Waals surface area contributed by atoms with E-state index >= 15 is 0 Å². The SMILES string of the molecule is COc1ccc(Cl)c(C(=O)Nc2ccc(C(=O)N3CC[C@]4(C=C(C(=O)O)CC4)Cc4ccccc43)cc2Cl)c1. The minimum atomic E-state index is -0.882. The Kier molecular flexibility index (Phi) is 7.38. The third-order valence-corrected chi connectivity index (χ3v) is 8.08. The summed E-state index contributed by atoms with van der Waals surface area (Å²) in [7, 11) is 1.50. The molecule has 2 amide bonds. The Labute approximate surface area is 236 Å². The Morgan fingerprint density at radius 1 is 1.00 bits per heavy atom. The van der Waals surface area contributed by atoms with E-state index in [1.54, 1.807) is 29.2 Å². The van der Waals surface area contributed by atoms with Gasteiger partial charge in [0.25, 0.3) is 11.8 Å². The Hall–Kier alpha value is -3.81. The summed E-state index contributed by atoms with van der Waals surface area (Å²) in [6, 6.07) is 17.2. The van der Waals surface area contributed by atoms with E-state index in [0.29, 0.717) is 48.4 Å². The molecule has 0 fully saturated rings. The van der Waals surface area contributed by atoms with Gasteiger partial charge in [-0.2, -0.15) is 0 Å². The summed E-state index contributed by atoms with van der Waals surface area (Å²) < 4.78 is 5.18. The van der Waals surface area contributed by atoms with E-state index in [-0.39, 0.29) is 26.9 Å². The molecule has 3 aromatic carbocycles. The molecule has 1 heterocycles. The minimum absolute atomic E-state index is 0.206. The number of aliphatic carboxylic acids is 1. The minimum Gasteiger partial charge on any atom is -0.497 e. The van der Waals surface area contributed by atoms with E-state index in [2.05, 4.69) is 5.32 Å². The van der Waals surface area contributed by atoms with Gasteiger partial charge in [0, 0.05) is 23.4 Å². The van der Waals surface area contributed by atoms with Crippen LogP contribution in [0.15, 0.2) is 72.3 Å². The maximum atomic E-state index is 13.8. The number of nitrogens with one attached hydrogen (secondary N) is 1. The smallest absolute Gasteiger partial charge is 0.331 e. The van der Waals surface area contributed by atoms with Gasteiger partial charge in [0.05, 0.1) is 28.4 Å². The van der Waals surface area contributed by atoms with Gasteiger partial charge in [0.2, 0.25) is 0 Å². The third kappa shape index (κ3) is 5.37. The zero-order chi connectivity index (χ0) is 27.7. The summed E-state index contributed by atoms with van der Waals surface area (Å²) in [6.45, 7) is 0.434. The van der Waals surface area contributed by atoms with Gasteiger partial charge in [0.1, 0.15) is 5.75 Å². The standard InChI is InChI=1S/C30H26Cl2N2O5/c1-39-21-7-8-23(31)22(15-21)27(35)33-25-9-6-18(14-24(25)32)28(36)34-13-12-30(11-10-20(17-30)29(37)38)16-19-4-2-3-5-26(19)34/h2-9,14-15,17H,10-13,16H2,1H3,(H,33,35)(H,37,38)/t30-/m0/s1. The molecule has 0 saturated carbocycles. The van der Waals surface area contributed by atoms with Crippen LogP contribution in [-0.2, 0) is 11.2 Å². The van der Waals surface area contributed by atoms with Crippen molar-refractivity contribution < 1.29 is 24.2 Å². The number of fused-ring (bicyclic) bond motifs is 1. The van der Waals surface area contributed by atoms with E-state index in [0.717, 1.165) is 17.7 Å². The lowest BCUT2D eigenvalue weighted by Gasteiger charge is -2.26. The largest absolute Gasteiger partial charge is 0.497 e. The first-order valence-corrected chi connectivity index (χ1v) is 13.2. The quantitative estimate of drug-likeness (QED) is 0.362. The average molecular weight is 565 g/mol. The fourth-order valence-corrected chi connectivity index (χ4v) is 5.79. The van der Waals surface area contributed by atoms with Gasteiger partial charge in [0.15, 0.2) is 0 Å². The Morgan fingerprint density at radius 3 is 2.51 bits per heavy atom. The van der Waals surface area contributed by atoms with E-state index in [9.17, 15) is 19.5 Å². The van der Waals surface area contributed by atoms with Crippen LogP contribution in [0.1, 0.15) is 45.5 Å². The maximum absolute atomic E-state index is 13.8. The van der Waals surface area contributed by atoms with E-state index in [1.165, 1.54) is 19.2 Å². The summed E-state index contributed by atoms with van der Waals surface area (Å²) in [5.41, 5.74) is 2.88. The summed E-state index contributed by atoms with van der Waals surface area (Å²) in [5, 5.41) is 12.7. The number of hydrogen-bond acceptors (Lipinski definition) is 4. The predicted molar refractivity (Wildman–Crippen MR) is 151 cm³/mol. The van der Waals surface area contributed by atoms with Crippen LogP contribution < -0.4 is 15.0 Å². The van der Waals surface area contributed by atoms with Crippen LogP contribution in [0.4, 0.5) is 11.4 Å². The van der Waals surface area contributed by atoms with Crippen molar-refractivity contribution in [2.24, 2.45) is 5.41 Å². The number of benzene rings is 3. The van der Waals surface area contributed by atoms with Gasteiger partial charge in [-0.25, -0.2) is 4.79 Å². The van der Waals surface area contributed by atoms with Crippen molar-refractivity contribution in [2.75, 3.05) is 23.9 Å². The lowest BCUT2D eigenvalue weighted by molar-refractivity contribution is -0.132. The molecule has 1 aliphatic heterocycles. The van der Waals surface area contributed by atoms with Gasteiger partial charge in [-0.15, -0.1) is 0 Å². The number of ether oxygens (including phenoxy) is 1. The fraction of sp³-hybridized carbons (Fsp3) is 0.233. The number of rotatable bonds is 5. The highest BCUT2D eigenvalue weighted by atomic mass is 35.5. The number of hydrogen-bond donors (Lipinski definition) is 2. The second-order valence-corrected chi connectivity index (χ2v) is 10.7. The fourth-order valence-electron chi connectivity index (χ4n) is 5.36. The van der Waals surface area contributed by atoms with Gasteiger partial charge < -0.3 is 20.1 Å². The van der Waals surface area contributed by atoms with Crippen LogP contribution >= 0.6 is 23.2 Å². The topological polar surface area (TPSA) is 95.9 Å². The Bertz CT molecular complexity index is 1520. The molecule has 0 bridgehead atoms. The first-order valence-electron chi connectivity index (χ1n) is 12.5. The number of amides is 2. The summed E-state index contributed by atoms with van der Waals surface area (Å²) >= 11 is 12.7. The van der Waals surface area contributed by atoms with Crippen LogP contribution in [-0.4, -0.2) is 36.5 Å². The van der Waals surface area contributed by atoms with Gasteiger partial charge >= 0.3 is 5.97 Å². The summed E-state index contributed by atoms with van der Waals surface area (Å²) in [6.07, 6.45) is 4.47. The maximum Gasteiger partial charge on any atom is 0.331 e. The van der Waals surface area contributed by atoms with Crippen LogP contribution in [0.2, 0.25) is 10.0 Å². The molecule has 200 valence electrons. The summed E-state index contributed by atoms with van der Waals surface area (Å²) in [4.78, 5) is 39.9. The monoisotopic (exact) mass is 564 g/mol. The van der Waals surface area contributed by atoms with Gasteiger partial charge in [-0.3, -0.25) is 9.59 Å². The number of methoxy groups -OCH3 is 1. The van der Waals surface area contributed by atoms with Gasteiger partial charge in [-0.05, 0) is 79.1 Å². The van der Waals surface area contributed by atoms with Crippen molar-refractivity contribution in [2.45, 2.75) is 25.7 Å². The molecule has 7 nitrogen and oxygen atoms in total. The van der Waals surface area contributed by atoms with Crippen molar-refractivity contribution in [3.63, 3.8) is 0 Å². The highest BCUT2D eigenvalue weighted by molar-refractivity contribution is 6.36. The van der Waals surface area contributed by atoms with E-state index < -0.39 is 11.9 Å². The van der Waals surface area contributed by atoms with Crippen molar-refractivity contribution in [3.8, 4) is 5.75 Å². The second-order valence-electron chi connectivity index (χ2n) is 9.84. The number of anilines is 2. The highest BCUT2D eigenvalue weighted by Crippen LogP contribution is 2.46. The number of allylic oxidation sites excluding steroid dienone is 1. The van der Waals surface area contributed by atoms with Crippen molar-refractivity contribution >= 4 is 52.4 Å². The molecular formula is C30H26Cl2N2O5. The first kappa shape index (κ1) is 26.8. The van der Waals surface area contributed by atoms with Gasteiger partial charge in [-0.1, -0.05) is 47.5 Å². The number of halogens is 2. The Morgan fingerprint density at radius 2 is 1.79 bits per heavy atom. The molecule has 9 heteroatoms. The molecule has 0 saturated heterocycles. The lowest BCUT2D eigenvalue weighted by Crippen LogP contribution is -2.33. The molecular weight excluding hydrogens is 539 g/mol. The number of carbonyl (C=O) groups excluding carboxylic acids is 2. The number of para-hydroxylation sites is 1. The van der Waals surface area contributed by atoms with E-state index in [4.69, 9.17) is 27.9 Å². The molecule has 0 unspecified atom stereocenters. The highest BCUT2D eigenvalue weighted by Gasteiger charge is 2.39. The zero-order valence-electron chi connectivity index (χ0n) is 21.2. The molecule has 3 aromatic rings. The van der Waals surface area contributed by atoms with Crippen molar-refractivity contribution in [3.05, 3.63) is 99.0 Å². The molecule has 0 radical (unpaired) electrons. The Balaban J connectivity index is 1.39. The summed E-state index contributed by atoms with van der Waals surface area (Å²) in [5.74, 6) is -1.08. The van der Waals surface area contributed by atoms with E-state index in [1.807, 2.05) is 30.3 Å². The number of carbonyl (C=O) groups is 3. The van der Waals surface area contributed by atoms with Crippen LogP contribution in [0, 0.1) is 5.41 Å². The number of carboxylic acids is 1. The van der Waals surface area contributed by atoms with Crippen molar-refractivity contribution in [1.29, 1.82) is 0 Å². The van der Waals surface area contributed by atoms with Crippen LogP contribution in [0.3, 0.4) is 0 Å². The molecule has 39 heavy (non-hydrogen) atoms. The molecule has 1 aliphatic carbocycles. The van der Waals surface area contributed by atoms with Crippen LogP contribution in [0.25, 0.3) is 0 Å². The normalized spacial score (nSPS) is 18.2. The predicted octanol–water partition coefficient (Wildman–Crippen LogP) is 6.64. The zero-order valence-corrected chi connectivity index (χ0v) is 22.7. The molecule has 0 aromatic heterocycles. The lowest BCUT2D eigenvalue weighted by atomic mass is 9.79. The molecule has 2 N–H and O–H groups in total. The number of carboxylic acid groups (broad SMARTS) is 1. The third-order valence-electron chi connectivity index (χ3n) is 7.43. The molecule has 1 atom stereocenters. The number of nitrogens with zero attached hydrogens (tertiary/aromatic N) is 1. The molecule has 2 aliphatic rings. The first-order chi connectivity index (χ1) is 18.7. The molecule has 5 rings (SSSR count). The average Bonchev–Trinajstić information content (AvgIpc) is 3.27. The van der Waals surface area contributed by atoms with Crippen LogP contribution in [0.5, 0.6) is 5.75 Å².